The van der Waals surface area contributed by atoms with E-state index in [1.807, 2.05) is 13.8 Å². The number of hydrogen-bond acceptors (Lipinski definition) is 3. The highest BCUT2D eigenvalue weighted by atomic mass is 16.4. The summed E-state index contributed by atoms with van der Waals surface area (Å²) in [6.45, 7) is 3.66. The predicted molar refractivity (Wildman–Crippen MR) is 70.0 cm³/mol. The lowest BCUT2D eigenvalue weighted by molar-refractivity contribution is -0.137. The van der Waals surface area contributed by atoms with E-state index in [0.29, 0.717) is 0 Å². The molecule has 1 heterocycles. The molecule has 0 aromatic carbocycles. The van der Waals surface area contributed by atoms with Gasteiger partial charge in [0.05, 0.1) is 6.42 Å². The van der Waals surface area contributed by atoms with Gasteiger partial charge >= 0.3 is 5.97 Å². The molecular formula is C13H18N2O4. The van der Waals surface area contributed by atoms with Gasteiger partial charge in [-0.1, -0.05) is 13.8 Å². The molecule has 0 aliphatic carbocycles. The predicted octanol–water partition coefficient (Wildman–Crippen LogP) is 0.614. The number of carboxylic acid groups (broad SMARTS) is 1. The Hall–Kier alpha value is -2.11. The number of aliphatic carboxylic acids is 1. The average Bonchev–Trinajstić information content (AvgIpc) is 2.31. The molecule has 6 heteroatoms. The smallest absolute Gasteiger partial charge is 0.305 e. The second-order valence-corrected chi connectivity index (χ2v) is 4.79. The van der Waals surface area contributed by atoms with Crippen LogP contribution in [0.1, 0.15) is 30.6 Å². The van der Waals surface area contributed by atoms with Crippen molar-refractivity contribution in [3.8, 4) is 0 Å². The summed E-state index contributed by atoms with van der Waals surface area (Å²) in [4.78, 5) is 34.1. The van der Waals surface area contributed by atoms with Crippen LogP contribution in [0.3, 0.4) is 0 Å². The molecule has 1 atom stereocenters. The van der Waals surface area contributed by atoms with Gasteiger partial charge in [0.25, 0.3) is 11.5 Å². The van der Waals surface area contributed by atoms with E-state index in [1.54, 1.807) is 7.05 Å². The fourth-order valence-electron chi connectivity index (χ4n) is 1.58. The van der Waals surface area contributed by atoms with Crippen molar-refractivity contribution < 1.29 is 14.7 Å². The number of nitrogens with one attached hydrogen (secondary N) is 1. The summed E-state index contributed by atoms with van der Waals surface area (Å²) in [5.41, 5.74) is -0.0499. The van der Waals surface area contributed by atoms with Gasteiger partial charge in [0.1, 0.15) is 0 Å². The fraction of sp³-hybridized carbons (Fsp3) is 0.462. The van der Waals surface area contributed by atoms with E-state index in [1.165, 1.54) is 22.9 Å². The topological polar surface area (TPSA) is 88.4 Å². The molecule has 1 rings (SSSR count). The van der Waals surface area contributed by atoms with E-state index in [2.05, 4.69) is 5.32 Å². The van der Waals surface area contributed by atoms with E-state index in [0.717, 1.165) is 0 Å². The average molecular weight is 266 g/mol. The van der Waals surface area contributed by atoms with Gasteiger partial charge in [0, 0.05) is 30.9 Å². The highest BCUT2D eigenvalue weighted by molar-refractivity contribution is 5.94. The lowest BCUT2D eigenvalue weighted by Gasteiger charge is -2.20. The third-order valence-electron chi connectivity index (χ3n) is 2.88. The molecule has 1 aromatic rings. The molecule has 1 unspecified atom stereocenters. The Morgan fingerprint density at radius 1 is 1.42 bits per heavy atom. The summed E-state index contributed by atoms with van der Waals surface area (Å²) in [5.74, 6) is -1.41. The summed E-state index contributed by atoms with van der Waals surface area (Å²) < 4.78 is 1.36. The summed E-state index contributed by atoms with van der Waals surface area (Å²) in [6, 6.07) is 2.29. The molecule has 1 aromatic heterocycles. The van der Waals surface area contributed by atoms with E-state index >= 15 is 0 Å². The van der Waals surface area contributed by atoms with Crippen LogP contribution in [0.4, 0.5) is 0 Å². The molecule has 0 spiro atoms. The zero-order valence-electron chi connectivity index (χ0n) is 11.2. The monoisotopic (exact) mass is 266 g/mol. The van der Waals surface area contributed by atoms with Crippen molar-refractivity contribution in [2.75, 3.05) is 0 Å². The number of aromatic nitrogens is 1. The van der Waals surface area contributed by atoms with Crippen LogP contribution in [0.5, 0.6) is 0 Å². The van der Waals surface area contributed by atoms with Crippen molar-refractivity contribution in [2.24, 2.45) is 13.0 Å². The minimum absolute atomic E-state index is 0.00778. The summed E-state index contributed by atoms with van der Waals surface area (Å²) >= 11 is 0. The molecule has 2 N–H and O–H groups in total. The van der Waals surface area contributed by atoms with Gasteiger partial charge in [-0.15, -0.1) is 0 Å². The van der Waals surface area contributed by atoms with Crippen LogP contribution in [0.2, 0.25) is 0 Å². The zero-order chi connectivity index (χ0) is 14.6. The standard InChI is InChI=1S/C13H18N2O4/c1-8(2)10(7-12(17)18)14-13(19)9-4-5-15(3)11(16)6-9/h4-6,8,10H,7H2,1-3H3,(H,14,19)(H,17,18). The Morgan fingerprint density at radius 2 is 2.05 bits per heavy atom. The van der Waals surface area contributed by atoms with Crippen LogP contribution in [0.15, 0.2) is 23.1 Å². The molecule has 0 radical (unpaired) electrons. The first kappa shape index (κ1) is 14.9. The summed E-state index contributed by atoms with van der Waals surface area (Å²) in [5, 5.41) is 11.4. The first-order chi connectivity index (χ1) is 8.81. The van der Waals surface area contributed by atoms with E-state index in [4.69, 9.17) is 5.11 Å². The minimum Gasteiger partial charge on any atom is -0.481 e. The number of carboxylic acids is 1. The van der Waals surface area contributed by atoms with E-state index < -0.39 is 17.9 Å². The normalized spacial score (nSPS) is 12.2. The van der Waals surface area contributed by atoms with Crippen LogP contribution in [0.25, 0.3) is 0 Å². The molecule has 6 nitrogen and oxygen atoms in total. The van der Waals surface area contributed by atoms with Crippen LogP contribution in [-0.2, 0) is 11.8 Å². The van der Waals surface area contributed by atoms with Crippen LogP contribution >= 0.6 is 0 Å². The second kappa shape index (κ2) is 6.17. The molecule has 0 fully saturated rings. The fourth-order valence-corrected chi connectivity index (χ4v) is 1.58. The van der Waals surface area contributed by atoms with Crippen molar-refractivity contribution in [1.82, 2.24) is 9.88 Å². The van der Waals surface area contributed by atoms with Gasteiger partial charge < -0.3 is 15.0 Å². The van der Waals surface area contributed by atoms with Gasteiger partial charge in [-0.05, 0) is 12.0 Å². The number of nitrogens with zero attached hydrogens (tertiary/aromatic N) is 1. The lowest BCUT2D eigenvalue weighted by Crippen LogP contribution is -2.40. The SMILES string of the molecule is CC(C)C(CC(=O)O)NC(=O)c1ccn(C)c(=O)c1. The van der Waals surface area contributed by atoms with E-state index in [9.17, 15) is 14.4 Å². The molecule has 104 valence electrons. The van der Waals surface area contributed by atoms with Crippen LogP contribution in [-0.4, -0.2) is 27.6 Å². The lowest BCUT2D eigenvalue weighted by atomic mass is 10.0. The number of aryl methyl sites for hydroxylation is 1. The summed E-state index contributed by atoms with van der Waals surface area (Å²) in [7, 11) is 1.59. The van der Waals surface area contributed by atoms with E-state index in [-0.39, 0.29) is 23.5 Å². The Bertz CT molecular complexity index is 534. The van der Waals surface area contributed by atoms with Gasteiger partial charge in [0.2, 0.25) is 0 Å². The van der Waals surface area contributed by atoms with Crippen molar-refractivity contribution in [2.45, 2.75) is 26.3 Å². The summed E-state index contributed by atoms with van der Waals surface area (Å²) in [6.07, 6.45) is 1.35. The van der Waals surface area contributed by atoms with Crippen molar-refractivity contribution in [3.05, 3.63) is 34.2 Å². The van der Waals surface area contributed by atoms with Gasteiger partial charge in [-0.25, -0.2) is 0 Å². The second-order valence-electron chi connectivity index (χ2n) is 4.79. The molecule has 1 amide bonds. The molecule has 0 aliphatic heterocycles. The number of carbonyl (C=O) groups is 2. The molecule has 19 heavy (non-hydrogen) atoms. The van der Waals surface area contributed by atoms with Crippen LogP contribution in [0, 0.1) is 5.92 Å². The molecular weight excluding hydrogens is 248 g/mol. The maximum Gasteiger partial charge on any atom is 0.305 e. The Morgan fingerprint density at radius 3 is 2.53 bits per heavy atom. The third-order valence-corrected chi connectivity index (χ3v) is 2.88. The maximum atomic E-state index is 12.0. The highest BCUT2D eigenvalue weighted by Gasteiger charge is 2.20. The number of hydrogen-bond donors (Lipinski definition) is 2. The Balaban J connectivity index is 2.84. The number of rotatable bonds is 5. The van der Waals surface area contributed by atoms with Crippen molar-refractivity contribution in [1.29, 1.82) is 0 Å². The quantitative estimate of drug-likeness (QED) is 0.817. The first-order valence-corrected chi connectivity index (χ1v) is 6.00. The minimum atomic E-state index is -0.969. The number of pyridine rings is 1. The van der Waals surface area contributed by atoms with Crippen molar-refractivity contribution in [3.63, 3.8) is 0 Å². The van der Waals surface area contributed by atoms with Gasteiger partial charge in [-0.3, -0.25) is 14.4 Å². The molecule has 0 aliphatic rings. The zero-order valence-corrected chi connectivity index (χ0v) is 11.2. The Kier molecular flexibility index (Phi) is 4.86. The number of carbonyl (C=O) groups excluding carboxylic acids is 1. The van der Waals surface area contributed by atoms with Gasteiger partial charge in [0.15, 0.2) is 0 Å². The van der Waals surface area contributed by atoms with Gasteiger partial charge in [-0.2, -0.15) is 0 Å². The third kappa shape index (κ3) is 4.24. The number of amides is 1. The first-order valence-electron chi connectivity index (χ1n) is 6.00. The molecule has 0 bridgehead atoms. The Labute approximate surface area is 111 Å². The maximum absolute atomic E-state index is 12.0. The largest absolute Gasteiger partial charge is 0.481 e. The van der Waals surface area contributed by atoms with Crippen LogP contribution < -0.4 is 10.9 Å². The molecule has 0 saturated carbocycles. The molecule has 0 saturated heterocycles. The highest BCUT2D eigenvalue weighted by Crippen LogP contribution is 2.07. The van der Waals surface area contributed by atoms with Crippen molar-refractivity contribution >= 4 is 11.9 Å².